The van der Waals surface area contributed by atoms with Crippen LogP contribution in [0.1, 0.15) is 16.7 Å². The van der Waals surface area contributed by atoms with E-state index in [2.05, 4.69) is 5.32 Å². The Hall–Kier alpha value is -2.48. The van der Waals surface area contributed by atoms with Crippen molar-refractivity contribution in [2.45, 2.75) is 12.7 Å². The number of benzene rings is 2. The quantitative estimate of drug-likeness (QED) is 0.912. The van der Waals surface area contributed by atoms with Gasteiger partial charge in [0.15, 0.2) is 0 Å². The Morgan fingerprint density at radius 2 is 1.65 bits per heavy atom. The molecular formula is C15H11F3N2. The lowest BCUT2D eigenvalue weighted by Crippen LogP contribution is -2.12. The molecule has 20 heavy (non-hydrogen) atoms. The van der Waals surface area contributed by atoms with E-state index in [-0.39, 0.29) is 12.1 Å². The molecule has 1 N–H and O–H groups in total. The maximum atomic E-state index is 12.8. The number of nitrogens with one attached hydrogen (secondary N) is 1. The van der Waals surface area contributed by atoms with E-state index in [1.54, 1.807) is 30.3 Å². The minimum absolute atomic E-state index is 0.00831. The molecule has 0 spiro atoms. The van der Waals surface area contributed by atoms with E-state index < -0.39 is 11.7 Å². The van der Waals surface area contributed by atoms with Crippen LogP contribution in [-0.2, 0) is 12.7 Å². The summed E-state index contributed by atoms with van der Waals surface area (Å²) in [7, 11) is 0. The molecular weight excluding hydrogens is 265 g/mol. The fourth-order valence-electron chi connectivity index (χ4n) is 1.88. The van der Waals surface area contributed by atoms with Crippen LogP contribution in [0.15, 0.2) is 48.5 Å². The molecule has 0 aliphatic carbocycles. The van der Waals surface area contributed by atoms with Crippen molar-refractivity contribution in [3.63, 3.8) is 0 Å². The summed E-state index contributed by atoms with van der Waals surface area (Å²) in [5.74, 6) is 0. The topological polar surface area (TPSA) is 35.8 Å². The number of hydrogen-bond donors (Lipinski definition) is 1. The number of nitrogens with zero attached hydrogens (tertiary/aromatic N) is 1. The molecule has 0 atom stereocenters. The van der Waals surface area contributed by atoms with E-state index in [9.17, 15) is 13.2 Å². The minimum Gasteiger partial charge on any atom is -0.380 e. The van der Waals surface area contributed by atoms with E-state index >= 15 is 0 Å². The molecule has 0 bridgehead atoms. The lowest BCUT2D eigenvalue weighted by Gasteiger charge is -2.14. The molecule has 2 rings (SSSR count). The molecule has 0 saturated carbocycles. The van der Waals surface area contributed by atoms with Crippen molar-refractivity contribution >= 4 is 5.69 Å². The summed E-state index contributed by atoms with van der Waals surface area (Å²) in [5.41, 5.74) is 0.402. The van der Waals surface area contributed by atoms with Gasteiger partial charge in [0.1, 0.15) is 6.07 Å². The first-order chi connectivity index (χ1) is 9.52. The Bertz CT molecular complexity index is 642. The Morgan fingerprint density at radius 1 is 1.00 bits per heavy atom. The highest BCUT2D eigenvalue weighted by atomic mass is 19.4. The zero-order valence-corrected chi connectivity index (χ0v) is 10.4. The first-order valence-corrected chi connectivity index (χ1v) is 5.90. The van der Waals surface area contributed by atoms with Crippen LogP contribution in [-0.4, -0.2) is 0 Å². The molecule has 0 saturated heterocycles. The van der Waals surface area contributed by atoms with Crippen LogP contribution in [0.5, 0.6) is 0 Å². The Kier molecular flexibility index (Phi) is 3.94. The molecule has 2 aromatic carbocycles. The summed E-state index contributed by atoms with van der Waals surface area (Å²) in [6, 6.07) is 14.1. The van der Waals surface area contributed by atoms with Gasteiger partial charge in [-0.2, -0.15) is 18.4 Å². The van der Waals surface area contributed by atoms with E-state index in [1.165, 1.54) is 12.1 Å². The summed E-state index contributed by atoms with van der Waals surface area (Å²) in [6.45, 7) is 0.00831. The van der Waals surface area contributed by atoms with E-state index in [0.717, 1.165) is 6.07 Å². The van der Waals surface area contributed by atoms with Crippen molar-refractivity contribution in [3.8, 4) is 6.07 Å². The third kappa shape index (κ3) is 3.09. The number of para-hydroxylation sites is 1. The fourth-order valence-corrected chi connectivity index (χ4v) is 1.88. The second kappa shape index (κ2) is 5.66. The van der Waals surface area contributed by atoms with Crippen LogP contribution in [0.25, 0.3) is 0 Å². The highest BCUT2D eigenvalue weighted by Crippen LogP contribution is 2.32. The Balaban J connectivity index is 2.22. The smallest absolute Gasteiger partial charge is 0.380 e. The summed E-state index contributed by atoms with van der Waals surface area (Å²) < 4.78 is 38.5. The van der Waals surface area contributed by atoms with E-state index in [1.807, 2.05) is 6.07 Å². The first kappa shape index (κ1) is 13.9. The zero-order valence-electron chi connectivity index (χ0n) is 10.4. The zero-order chi connectivity index (χ0) is 14.6. The van der Waals surface area contributed by atoms with Gasteiger partial charge in [0, 0.05) is 6.54 Å². The molecule has 0 aliphatic rings. The maximum Gasteiger partial charge on any atom is 0.416 e. The molecule has 5 heteroatoms. The van der Waals surface area contributed by atoms with Gasteiger partial charge >= 0.3 is 6.18 Å². The molecule has 0 unspecified atom stereocenters. The summed E-state index contributed by atoms with van der Waals surface area (Å²) >= 11 is 0. The second-order valence-electron chi connectivity index (χ2n) is 4.17. The standard InChI is InChI=1S/C15H11F3N2/c16-15(17,18)13-7-3-1-6-12(13)10-20-14-8-4-2-5-11(14)9-19/h1-8,20H,10H2. The van der Waals surface area contributed by atoms with Gasteiger partial charge in [-0.15, -0.1) is 0 Å². The lowest BCUT2D eigenvalue weighted by atomic mass is 10.1. The van der Waals surface area contributed by atoms with Crippen molar-refractivity contribution in [2.75, 3.05) is 5.32 Å². The van der Waals surface area contributed by atoms with Gasteiger partial charge in [-0.1, -0.05) is 30.3 Å². The second-order valence-corrected chi connectivity index (χ2v) is 4.17. The monoisotopic (exact) mass is 276 g/mol. The van der Waals surface area contributed by atoms with Crippen molar-refractivity contribution < 1.29 is 13.2 Å². The van der Waals surface area contributed by atoms with Gasteiger partial charge in [-0.3, -0.25) is 0 Å². The highest BCUT2D eigenvalue weighted by molar-refractivity contribution is 5.57. The summed E-state index contributed by atoms with van der Waals surface area (Å²) in [5, 5.41) is 11.8. The number of hydrogen-bond acceptors (Lipinski definition) is 2. The lowest BCUT2D eigenvalue weighted by molar-refractivity contribution is -0.138. The predicted octanol–water partition coefficient (Wildman–Crippen LogP) is 4.19. The average molecular weight is 276 g/mol. The number of rotatable bonds is 3. The average Bonchev–Trinajstić information content (AvgIpc) is 2.44. The van der Waals surface area contributed by atoms with Gasteiger partial charge in [0.05, 0.1) is 16.8 Å². The fraction of sp³-hybridized carbons (Fsp3) is 0.133. The largest absolute Gasteiger partial charge is 0.416 e. The molecule has 2 aromatic rings. The number of halogens is 3. The normalized spacial score (nSPS) is 10.9. The Labute approximate surface area is 114 Å². The predicted molar refractivity (Wildman–Crippen MR) is 69.9 cm³/mol. The molecule has 102 valence electrons. The van der Waals surface area contributed by atoms with Gasteiger partial charge in [-0.05, 0) is 23.8 Å². The van der Waals surface area contributed by atoms with Crippen molar-refractivity contribution in [1.29, 1.82) is 5.26 Å². The minimum atomic E-state index is -4.38. The van der Waals surface area contributed by atoms with E-state index in [0.29, 0.717) is 11.3 Å². The van der Waals surface area contributed by atoms with Crippen LogP contribution < -0.4 is 5.32 Å². The van der Waals surface area contributed by atoms with Crippen molar-refractivity contribution in [1.82, 2.24) is 0 Å². The van der Waals surface area contributed by atoms with Crippen molar-refractivity contribution in [3.05, 3.63) is 65.2 Å². The molecule has 0 radical (unpaired) electrons. The molecule has 0 heterocycles. The van der Waals surface area contributed by atoms with Gasteiger partial charge < -0.3 is 5.32 Å². The Morgan fingerprint density at radius 3 is 2.35 bits per heavy atom. The summed E-state index contributed by atoms with van der Waals surface area (Å²) in [6.07, 6.45) is -4.38. The third-order valence-electron chi connectivity index (χ3n) is 2.84. The molecule has 0 aromatic heterocycles. The molecule has 0 fully saturated rings. The highest BCUT2D eigenvalue weighted by Gasteiger charge is 2.32. The maximum absolute atomic E-state index is 12.8. The molecule has 2 nitrogen and oxygen atoms in total. The SMILES string of the molecule is N#Cc1ccccc1NCc1ccccc1C(F)(F)F. The van der Waals surface area contributed by atoms with Crippen LogP contribution in [0.3, 0.4) is 0 Å². The molecule has 0 amide bonds. The van der Waals surface area contributed by atoms with Crippen LogP contribution in [0, 0.1) is 11.3 Å². The van der Waals surface area contributed by atoms with Crippen LogP contribution in [0.4, 0.5) is 18.9 Å². The third-order valence-corrected chi connectivity index (χ3v) is 2.84. The van der Waals surface area contributed by atoms with Gasteiger partial charge in [0.25, 0.3) is 0 Å². The summed E-state index contributed by atoms with van der Waals surface area (Å²) in [4.78, 5) is 0. The molecule has 0 aliphatic heterocycles. The van der Waals surface area contributed by atoms with Crippen LogP contribution >= 0.6 is 0 Å². The van der Waals surface area contributed by atoms with Crippen molar-refractivity contribution in [2.24, 2.45) is 0 Å². The van der Waals surface area contributed by atoms with Gasteiger partial charge in [0.2, 0.25) is 0 Å². The van der Waals surface area contributed by atoms with Crippen LogP contribution in [0.2, 0.25) is 0 Å². The van der Waals surface area contributed by atoms with E-state index in [4.69, 9.17) is 5.26 Å². The van der Waals surface area contributed by atoms with Gasteiger partial charge in [-0.25, -0.2) is 0 Å². The number of alkyl halides is 3. The first-order valence-electron chi connectivity index (χ1n) is 5.90. The number of nitriles is 1. The number of anilines is 1.